The SMILES string of the molecule is CC(C)(C)C(=O)ON1CC(c2ccc(N)cc2)C1. The minimum absolute atomic E-state index is 0.182. The molecule has 1 aliphatic rings. The number of anilines is 1. The first-order valence-corrected chi connectivity index (χ1v) is 6.19. The molecular weight excluding hydrogens is 228 g/mol. The fourth-order valence-corrected chi connectivity index (χ4v) is 1.75. The van der Waals surface area contributed by atoms with Gasteiger partial charge < -0.3 is 10.6 Å². The van der Waals surface area contributed by atoms with E-state index < -0.39 is 5.41 Å². The topological polar surface area (TPSA) is 55.6 Å². The molecule has 4 nitrogen and oxygen atoms in total. The van der Waals surface area contributed by atoms with Crippen molar-refractivity contribution in [3.05, 3.63) is 29.8 Å². The van der Waals surface area contributed by atoms with E-state index >= 15 is 0 Å². The number of hydrogen-bond donors (Lipinski definition) is 1. The standard InChI is InChI=1S/C14H20N2O2/c1-14(2,3)13(17)18-16-8-11(9-16)10-4-6-12(15)7-5-10/h4-7,11H,8-9,15H2,1-3H3. The van der Waals surface area contributed by atoms with Crippen LogP contribution in [0.15, 0.2) is 24.3 Å². The Morgan fingerprint density at radius 2 is 1.83 bits per heavy atom. The number of hydrogen-bond acceptors (Lipinski definition) is 4. The third-order valence-corrected chi connectivity index (χ3v) is 3.08. The molecule has 2 rings (SSSR count). The Morgan fingerprint density at radius 3 is 2.33 bits per heavy atom. The van der Waals surface area contributed by atoms with E-state index in [-0.39, 0.29) is 5.97 Å². The summed E-state index contributed by atoms with van der Waals surface area (Å²) in [5.74, 6) is 0.247. The molecule has 1 aromatic carbocycles. The van der Waals surface area contributed by atoms with Crippen LogP contribution in [0, 0.1) is 5.41 Å². The van der Waals surface area contributed by atoms with Crippen molar-refractivity contribution >= 4 is 11.7 Å². The van der Waals surface area contributed by atoms with Crippen molar-refractivity contribution in [3.63, 3.8) is 0 Å². The van der Waals surface area contributed by atoms with Crippen LogP contribution >= 0.6 is 0 Å². The summed E-state index contributed by atoms with van der Waals surface area (Å²) in [6.07, 6.45) is 0. The second kappa shape index (κ2) is 4.61. The Kier molecular flexibility index (Phi) is 3.30. The summed E-state index contributed by atoms with van der Waals surface area (Å²) >= 11 is 0. The number of nitrogen functional groups attached to an aromatic ring is 1. The maximum Gasteiger partial charge on any atom is 0.330 e. The number of carbonyl (C=O) groups excluding carboxylic acids is 1. The number of nitrogens with two attached hydrogens (primary N) is 1. The van der Waals surface area contributed by atoms with Gasteiger partial charge in [-0.15, -0.1) is 5.06 Å². The number of carbonyl (C=O) groups is 1. The zero-order valence-electron chi connectivity index (χ0n) is 11.1. The lowest BCUT2D eigenvalue weighted by molar-refractivity contribution is -0.220. The van der Waals surface area contributed by atoms with Gasteiger partial charge in [0.05, 0.1) is 5.41 Å². The van der Waals surface area contributed by atoms with E-state index in [9.17, 15) is 4.79 Å². The van der Waals surface area contributed by atoms with Gasteiger partial charge in [-0.3, -0.25) is 0 Å². The van der Waals surface area contributed by atoms with E-state index in [1.54, 1.807) is 5.06 Å². The van der Waals surface area contributed by atoms with E-state index in [1.165, 1.54) is 5.56 Å². The minimum Gasteiger partial charge on any atom is -0.399 e. The zero-order chi connectivity index (χ0) is 13.3. The van der Waals surface area contributed by atoms with E-state index in [2.05, 4.69) is 0 Å². The Labute approximate surface area is 108 Å². The van der Waals surface area contributed by atoms with Gasteiger partial charge in [0.2, 0.25) is 0 Å². The lowest BCUT2D eigenvalue weighted by Crippen LogP contribution is -2.47. The normalized spacial score (nSPS) is 17.3. The lowest BCUT2D eigenvalue weighted by atomic mass is 9.93. The van der Waals surface area contributed by atoms with Gasteiger partial charge >= 0.3 is 5.97 Å². The molecule has 0 unspecified atom stereocenters. The number of hydroxylamine groups is 2. The maximum atomic E-state index is 11.7. The van der Waals surface area contributed by atoms with Crippen LogP contribution in [0.3, 0.4) is 0 Å². The lowest BCUT2D eigenvalue weighted by Gasteiger charge is -2.38. The van der Waals surface area contributed by atoms with Crippen molar-refractivity contribution in [2.75, 3.05) is 18.8 Å². The first kappa shape index (κ1) is 12.9. The van der Waals surface area contributed by atoms with Crippen molar-refractivity contribution in [1.82, 2.24) is 5.06 Å². The van der Waals surface area contributed by atoms with Crippen LogP contribution in [-0.2, 0) is 9.63 Å². The van der Waals surface area contributed by atoms with Gasteiger partial charge in [-0.2, -0.15) is 0 Å². The second-order valence-electron chi connectivity index (χ2n) is 5.84. The molecule has 98 valence electrons. The first-order chi connectivity index (χ1) is 8.36. The van der Waals surface area contributed by atoms with Gasteiger partial charge in [0, 0.05) is 24.7 Å². The summed E-state index contributed by atoms with van der Waals surface area (Å²) in [5, 5.41) is 1.72. The molecule has 0 bridgehead atoms. The molecule has 0 atom stereocenters. The smallest absolute Gasteiger partial charge is 0.330 e. The highest BCUT2D eigenvalue weighted by atomic mass is 16.7. The Balaban J connectivity index is 1.84. The predicted molar refractivity (Wildman–Crippen MR) is 70.7 cm³/mol. The molecule has 0 aromatic heterocycles. The molecule has 0 saturated carbocycles. The van der Waals surface area contributed by atoms with Crippen molar-refractivity contribution in [3.8, 4) is 0 Å². The molecule has 18 heavy (non-hydrogen) atoms. The Bertz CT molecular complexity index is 428. The highest BCUT2D eigenvalue weighted by Gasteiger charge is 2.34. The van der Waals surface area contributed by atoms with Crippen LogP contribution in [0.1, 0.15) is 32.3 Å². The fourth-order valence-electron chi connectivity index (χ4n) is 1.75. The fraction of sp³-hybridized carbons (Fsp3) is 0.500. The average molecular weight is 248 g/mol. The van der Waals surface area contributed by atoms with Crippen molar-refractivity contribution in [2.24, 2.45) is 5.41 Å². The van der Waals surface area contributed by atoms with Gasteiger partial charge in [-0.05, 0) is 38.5 Å². The second-order valence-corrected chi connectivity index (χ2v) is 5.84. The molecular formula is C14H20N2O2. The van der Waals surface area contributed by atoms with Crippen LogP contribution in [0.4, 0.5) is 5.69 Å². The molecule has 0 aliphatic carbocycles. The van der Waals surface area contributed by atoms with Crippen LogP contribution in [0.5, 0.6) is 0 Å². The summed E-state index contributed by atoms with van der Waals surface area (Å²) in [4.78, 5) is 17.0. The summed E-state index contributed by atoms with van der Waals surface area (Å²) in [6, 6.07) is 7.87. The Hall–Kier alpha value is -1.55. The van der Waals surface area contributed by atoms with Gasteiger partial charge in [0.25, 0.3) is 0 Å². The Morgan fingerprint density at radius 1 is 1.28 bits per heavy atom. The van der Waals surface area contributed by atoms with Crippen molar-refractivity contribution in [2.45, 2.75) is 26.7 Å². The zero-order valence-corrected chi connectivity index (χ0v) is 11.1. The highest BCUT2D eigenvalue weighted by molar-refractivity contribution is 5.75. The summed E-state index contributed by atoms with van der Waals surface area (Å²) in [5.41, 5.74) is 7.21. The minimum atomic E-state index is -0.452. The quantitative estimate of drug-likeness (QED) is 0.815. The van der Waals surface area contributed by atoms with Crippen LogP contribution < -0.4 is 5.73 Å². The number of nitrogens with zero attached hydrogens (tertiary/aromatic N) is 1. The predicted octanol–water partition coefficient (Wildman–Crippen LogP) is 2.17. The third-order valence-electron chi connectivity index (χ3n) is 3.08. The first-order valence-electron chi connectivity index (χ1n) is 6.19. The third kappa shape index (κ3) is 2.82. The van der Waals surface area contributed by atoms with Gasteiger partial charge in [-0.1, -0.05) is 12.1 Å². The van der Waals surface area contributed by atoms with Crippen LogP contribution in [0.25, 0.3) is 0 Å². The molecule has 1 aliphatic heterocycles. The average Bonchev–Trinajstić information content (AvgIpc) is 2.23. The number of benzene rings is 1. The van der Waals surface area contributed by atoms with Crippen LogP contribution in [0.2, 0.25) is 0 Å². The van der Waals surface area contributed by atoms with E-state index in [0.717, 1.165) is 18.8 Å². The molecule has 1 saturated heterocycles. The number of rotatable bonds is 2. The highest BCUT2D eigenvalue weighted by Crippen LogP contribution is 2.29. The molecule has 0 radical (unpaired) electrons. The summed E-state index contributed by atoms with van der Waals surface area (Å²) in [6.45, 7) is 7.07. The largest absolute Gasteiger partial charge is 0.399 e. The van der Waals surface area contributed by atoms with E-state index in [0.29, 0.717) is 5.92 Å². The van der Waals surface area contributed by atoms with Crippen molar-refractivity contribution < 1.29 is 9.63 Å². The van der Waals surface area contributed by atoms with Gasteiger partial charge in [-0.25, -0.2) is 4.79 Å². The van der Waals surface area contributed by atoms with Gasteiger partial charge in [0.15, 0.2) is 0 Å². The van der Waals surface area contributed by atoms with E-state index in [1.807, 2.05) is 45.0 Å². The molecule has 1 fully saturated rings. The maximum absolute atomic E-state index is 11.7. The van der Waals surface area contributed by atoms with Crippen molar-refractivity contribution in [1.29, 1.82) is 0 Å². The molecule has 0 spiro atoms. The molecule has 0 amide bonds. The monoisotopic (exact) mass is 248 g/mol. The summed E-state index contributed by atoms with van der Waals surface area (Å²) in [7, 11) is 0. The molecule has 4 heteroatoms. The molecule has 2 N–H and O–H groups in total. The van der Waals surface area contributed by atoms with Gasteiger partial charge in [0.1, 0.15) is 0 Å². The molecule has 1 aromatic rings. The molecule has 1 heterocycles. The van der Waals surface area contributed by atoms with E-state index in [4.69, 9.17) is 10.6 Å². The summed E-state index contributed by atoms with van der Waals surface area (Å²) < 4.78 is 0. The van der Waals surface area contributed by atoms with Crippen LogP contribution in [-0.4, -0.2) is 24.1 Å².